The van der Waals surface area contributed by atoms with E-state index in [-0.39, 0.29) is 5.75 Å². The van der Waals surface area contributed by atoms with Gasteiger partial charge in [0.15, 0.2) is 0 Å². The van der Waals surface area contributed by atoms with Crippen molar-refractivity contribution < 1.29 is 5.11 Å². The quantitative estimate of drug-likeness (QED) is 0.741. The summed E-state index contributed by atoms with van der Waals surface area (Å²) in [7, 11) is 0. The van der Waals surface area contributed by atoms with E-state index in [9.17, 15) is 5.11 Å². The van der Waals surface area contributed by atoms with Crippen molar-refractivity contribution in [1.29, 1.82) is 0 Å². The summed E-state index contributed by atoms with van der Waals surface area (Å²) >= 11 is 5.00. The van der Waals surface area contributed by atoms with Crippen LogP contribution < -0.4 is 3.27 Å². The molecule has 1 nitrogen and oxygen atoms in total. The second kappa shape index (κ2) is 3.64. The molecular weight excluding hydrogens is 357 g/mol. The number of aryl methyl sites for hydroxylation is 1. The SMILES string of the molecule is [CH2]=[Bi][c]1cc(C)c(O)c(Cl)c1. The van der Waals surface area contributed by atoms with Gasteiger partial charge < -0.3 is 0 Å². The molecule has 0 aliphatic heterocycles. The summed E-state index contributed by atoms with van der Waals surface area (Å²) in [4.78, 5) is 0. The van der Waals surface area contributed by atoms with Gasteiger partial charge in [0.2, 0.25) is 0 Å². The van der Waals surface area contributed by atoms with Crippen molar-refractivity contribution in [3.8, 4) is 5.75 Å². The zero-order valence-electron chi connectivity index (χ0n) is 6.13. The normalized spacial score (nSPS) is 9.64. The summed E-state index contributed by atoms with van der Waals surface area (Å²) in [5.41, 5.74) is 0.847. The molecule has 0 saturated carbocycles. The van der Waals surface area contributed by atoms with Gasteiger partial charge in [-0.15, -0.1) is 0 Å². The molecule has 0 fully saturated rings. The molecule has 1 aromatic carbocycles. The first kappa shape index (κ1) is 9.15. The van der Waals surface area contributed by atoms with E-state index < -0.39 is 22.8 Å². The fraction of sp³-hybridized carbons (Fsp3) is 0.125. The van der Waals surface area contributed by atoms with Crippen LogP contribution in [0.25, 0.3) is 0 Å². The Morgan fingerprint density at radius 2 is 2.18 bits per heavy atom. The fourth-order valence-corrected chi connectivity index (χ4v) is 3.35. The number of phenols is 1. The van der Waals surface area contributed by atoms with Gasteiger partial charge in [-0.3, -0.25) is 0 Å². The summed E-state index contributed by atoms with van der Waals surface area (Å²) in [5.74, 6) is 0.199. The second-order valence-electron chi connectivity index (χ2n) is 2.25. The van der Waals surface area contributed by atoms with E-state index in [4.69, 9.17) is 11.6 Å². The first-order chi connectivity index (χ1) is 5.15. The molecule has 0 aliphatic rings. The molecule has 1 N–H and O–H groups in total. The van der Waals surface area contributed by atoms with E-state index in [1.807, 2.05) is 19.1 Å². The molecule has 0 amide bonds. The molecule has 0 heterocycles. The molecule has 0 atom stereocenters. The Labute approximate surface area is 82.1 Å². The topological polar surface area (TPSA) is 20.2 Å². The maximum absolute atomic E-state index is 9.29. The predicted molar refractivity (Wildman–Crippen MR) is 50.4 cm³/mol. The third-order valence-electron chi connectivity index (χ3n) is 1.42. The predicted octanol–water partition coefficient (Wildman–Crippen LogP) is 1.12. The zero-order chi connectivity index (χ0) is 8.43. The van der Waals surface area contributed by atoms with Gasteiger partial charge in [0, 0.05) is 0 Å². The average molecular weight is 365 g/mol. The van der Waals surface area contributed by atoms with Crippen LogP contribution in [0.3, 0.4) is 0 Å². The van der Waals surface area contributed by atoms with E-state index in [2.05, 4.69) is 4.21 Å². The number of halogens is 1. The summed E-state index contributed by atoms with van der Waals surface area (Å²) in [6.07, 6.45) is 0. The van der Waals surface area contributed by atoms with E-state index in [0.717, 1.165) is 5.56 Å². The van der Waals surface area contributed by atoms with Crippen LogP contribution in [-0.2, 0) is 0 Å². The van der Waals surface area contributed by atoms with Gasteiger partial charge in [-0.2, -0.15) is 0 Å². The Morgan fingerprint density at radius 3 is 2.64 bits per heavy atom. The standard InChI is InChI=1S/C7H6ClO.CH2.Bi/c1-5-3-2-4-6(8)7(5)9;;/h3-4,9H,1H3;1H2;. The van der Waals surface area contributed by atoms with Gasteiger partial charge >= 0.3 is 82.3 Å². The van der Waals surface area contributed by atoms with Crippen molar-refractivity contribution in [1.82, 2.24) is 0 Å². The minimum atomic E-state index is -0.746. The fourth-order valence-electron chi connectivity index (χ4n) is 0.810. The van der Waals surface area contributed by atoms with Gasteiger partial charge in [-0.25, -0.2) is 0 Å². The number of aromatic hydroxyl groups is 1. The average Bonchev–Trinajstić information content (AvgIpc) is 1.99. The third kappa shape index (κ3) is 2.01. The van der Waals surface area contributed by atoms with Crippen molar-refractivity contribution in [3.63, 3.8) is 0 Å². The van der Waals surface area contributed by atoms with E-state index in [0.29, 0.717) is 5.02 Å². The Balaban J connectivity index is 3.31. The van der Waals surface area contributed by atoms with E-state index >= 15 is 0 Å². The van der Waals surface area contributed by atoms with Crippen LogP contribution in [0, 0.1) is 6.92 Å². The van der Waals surface area contributed by atoms with Gasteiger partial charge in [0.25, 0.3) is 0 Å². The number of benzene rings is 1. The Morgan fingerprint density at radius 1 is 1.55 bits per heavy atom. The summed E-state index contributed by atoms with van der Waals surface area (Å²) in [5, 5.41) is 9.75. The van der Waals surface area contributed by atoms with Crippen LogP contribution in [-0.4, -0.2) is 32.1 Å². The molecule has 0 unspecified atom stereocenters. The number of hydrogen-bond donors (Lipinski definition) is 1. The monoisotopic (exact) mass is 364 g/mol. The summed E-state index contributed by atoms with van der Waals surface area (Å²) in [6.45, 7) is 1.85. The zero-order valence-corrected chi connectivity index (χ0v) is 10.4. The van der Waals surface area contributed by atoms with Crippen molar-refractivity contribution in [2.45, 2.75) is 6.92 Å². The molecule has 1 aromatic rings. The molecule has 0 aliphatic carbocycles. The molecule has 58 valence electrons. The van der Waals surface area contributed by atoms with Crippen LogP contribution in [0.5, 0.6) is 5.75 Å². The molecule has 1 rings (SSSR count). The van der Waals surface area contributed by atoms with E-state index in [1.165, 1.54) is 3.27 Å². The summed E-state index contributed by atoms with van der Waals surface area (Å²) < 4.78 is 5.14. The second-order valence-corrected chi connectivity index (χ2v) is 5.90. The first-order valence-corrected chi connectivity index (χ1v) is 7.68. The first-order valence-electron chi connectivity index (χ1n) is 3.11. The number of rotatable bonds is 1. The van der Waals surface area contributed by atoms with Crippen molar-refractivity contribution in [2.24, 2.45) is 0 Å². The Hall–Kier alpha value is 0.0631. The van der Waals surface area contributed by atoms with Crippen LogP contribution in [0.15, 0.2) is 12.1 Å². The summed E-state index contributed by atoms with van der Waals surface area (Å²) in [6, 6.07) is 3.78. The van der Waals surface area contributed by atoms with Gasteiger partial charge in [0.05, 0.1) is 0 Å². The third-order valence-corrected chi connectivity index (χ3v) is 4.13. The Bertz CT molecular complexity index is 273. The number of hydrogen-bond acceptors (Lipinski definition) is 1. The van der Waals surface area contributed by atoms with Crippen molar-refractivity contribution >= 4 is 41.8 Å². The molecule has 0 aromatic heterocycles. The molecule has 0 spiro atoms. The molecule has 11 heavy (non-hydrogen) atoms. The van der Waals surface area contributed by atoms with Crippen LogP contribution >= 0.6 is 11.6 Å². The molecule has 0 saturated heterocycles. The molecule has 0 radical (unpaired) electrons. The van der Waals surface area contributed by atoms with Gasteiger partial charge in [-0.05, 0) is 0 Å². The van der Waals surface area contributed by atoms with Crippen molar-refractivity contribution in [3.05, 3.63) is 22.7 Å². The Kier molecular flexibility index (Phi) is 3.03. The van der Waals surface area contributed by atoms with Crippen LogP contribution in [0.4, 0.5) is 0 Å². The van der Waals surface area contributed by atoms with Crippen LogP contribution in [0.2, 0.25) is 5.02 Å². The molecule has 0 bridgehead atoms. The van der Waals surface area contributed by atoms with Gasteiger partial charge in [0.1, 0.15) is 0 Å². The minimum absolute atomic E-state index is 0.199. The van der Waals surface area contributed by atoms with Crippen molar-refractivity contribution in [2.75, 3.05) is 0 Å². The van der Waals surface area contributed by atoms with E-state index in [1.54, 1.807) is 0 Å². The maximum atomic E-state index is 9.29. The molecule has 3 heteroatoms. The number of phenolic OH excluding ortho intramolecular Hbond substituents is 1. The van der Waals surface area contributed by atoms with Crippen LogP contribution in [0.1, 0.15) is 5.56 Å². The van der Waals surface area contributed by atoms with Gasteiger partial charge in [-0.1, -0.05) is 0 Å². The molecular formula is C8H8BiClO.